The Labute approximate surface area is 161 Å². The van der Waals surface area contributed by atoms with Crippen molar-refractivity contribution in [3.8, 4) is 5.75 Å². The van der Waals surface area contributed by atoms with Gasteiger partial charge in [0.2, 0.25) is 11.8 Å². The van der Waals surface area contributed by atoms with Crippen LogP contribution in [0.1, 0.15) is 43.9 Å². The summed E-state index contributed by atoms with van der Waals surface area (Å²) < 4.78 is 5.19. The fourth-order valence-electron chi connectivity index (χ4n) is 2.91. The van der Waals surface area contributed by atoms with Crippen LogP contribution in [0.15, 0.2) is 54.6 Å². The highest BCUT2D eigenvalue weighted by molar-refractivity contribution is 5.88. The lowest BCUT2D eigenvalue weighted by Gasteiger charge is -2.30. The molecule has 1 N–H and O–H groups in total. The zero-order chi connectivity index (χ0) is 19.6. The number of methoxy groups -OCH3 is 1. The molecule has 0 aliphatic rings. The molecule has 2 rings (SSSR count). The minimum atomic E-state index is -0.664. The first-order valence-electron chi connectivity index (χ1n) is 9.29. The van der Waals surface area contributed by atoms with Gasteiger partial charge in [0, 0.05) is 20.0 Å². The maximum atomic E-state index is 12.9. The smallest absolute Gasteiger partial charge is 0.247 e. The molecule has 0 aliphatic carbocycles. The van der Waals surface area contributed by atoms with Gasteiger partial charge in [-0.3, -0.25) is 9.59 Å². The number of nitrogens with zero attached hydrogens (tertiary/aromatic N) is 1. The second-order valence-electron chi connectivity index (χ2n) is 6.45. The first kappa shape index (κ1) is 20.5. The van der Waals surface area contributed by atoms with Gasteiger partial charge in [0.15, 0.2) is 0 Å². The Hall–Kier alpha value is -2.82. The molecule has 0 bridgehead atoms. The van der Waals surface area contributed by atoms with Crippen LogP contribution >= 0.6 is 0 Å². The fourth-order valence-corrected chi connectivity index (χ4v) is 2.91. The summed E-state index contributed by atoms with van der Waals surface area (Å²) >= 11 is 0. The van der Waals surface area contributed by atoms with Gasteiger partial charge >= 0.3 is 0 Å². The van der Waals surface area contributed by atoms with E-state index in [-0.39, 0.29) is 11.8 Å². The zero-order valence-corrected chi connectivity index (χ0v) is 16.3. The number of carbonyl (C=O) groups excluding carboxylic acids is 2. The molecule has 5 nitrogen and oxygen atoms in total. The quantitative estimate of drug-likeness (QED) is 0.687. The molecule has 1 atom stereocenters. The molecule has 0 unspecified atom stereocenters. The van der Waals surface area contributed by atoms with E-state index < -0.39 is 6.04 Å². The lowest BCUT2D eigenvalue weighted by atomic mass is 10.0. The SMILES string of the molecule is CCCCNC(=O)[C@H](c1ccccc1)N(Cc1ccc(OC)cc1)C(C)=O. The van der Waals surface area contributed by atoms with Gasteiger partial charge in [-0.25, -0.2) is 0 Å². The van der Waals surface area contributed by atoms with E-state index in [1.165, 1.54) is 6.92 Å². The lowest BCUT2D eigenvalue weighted by molar-refractivity contribution is -0.140. The molecule has 2 amide bonds. The largest absolute Gasteiger partial charge is 0.497 e. The van der Waals surface area contributed by atoms with Gasteiger partial charge in [0.1, 0.15) is 11.8 Å². The van der Waals surface area contributed by atoms with Crippen LogP contribution in [-0.4, -0.2) is 30.4 Å². The molecule has 5 heteroatoms. The summed E-state index contributed by atoms with van der Waals surface area (Å²) in [5.74, 6) is 0.453. The second-order valence-corrected chi connectivity index (χ2v) is 6.45. The highest BCUT2D eigenvalue weighted by Crippen LogP contribution is 2.24. The van der Waals surface area contributed by atoms with Crippen molar-refractivity contribution in [3.05, 3.63) is 65.7 Å². The van der Waals surface area contributed by atoms with Crippen molar-refractivity contribution in [1.82, 2.24) is 10.2 Å². The Kier molecular flexibility index (Phi) is 7.86. The van der Waals surface area contributed by atoms with Crippen LogP contribution in [0.25, 0.3) is 0 Å². The van der Waals surface area contributed by atoms with Crippen LogP contribution in [0.5, 0.6) is 5.75 Å². The van der Waals surface area contributed by atoms with Gasteiger partial charge in [0.25, 0.3) is 0 Å². The van der Waals surface area contributed by atoms with Gasteiger partial charge in [-0.05, 0) is 29.7 Å². The number of carbonyl (C=O) groups is 2. The number of hydrogen-bond acceptors (Lipinski definition) is 3. The topological polar surface area (TPSA) is 58.6 Å². The number of ether oxygens (including phenoxy) is 1. The van der Waals surface area contributed by atoms with Crippen molar-refractivity contribution in [2.45, 2.75) is 39.3 Å². The number of rotatable bonds is 9. The third-order valence-corrected chi connectivity index (χ3v) is 4.42. The molecular weight excluding hydrogens is 340 g/mol. The molecule has 0 fully saturated rings. The Balaban J connectivity index is 2.29. The van der Waals surface area contributed by atoms with E-state index in [2.05, 4.69) is 12.2 Å². The van der Waals surface area contributed by atoms with Crippen molar-refractivity contribution in [2.75, 3.05) is 13.7 Å². The molecule has 144 valence electrons. The Morgan fingerprint density at radius 2 is 1.74 bits per heavy atom. The van der Waals surface area contributed by atoms with Crippen molar-refractivity contribution >= 4 is 11.8 Å². The third-order valence-electron chi connectivity index (χ3n) is 4.42. The van der Waals surface area contributed by atoms with Gasteiger partial charge in [-0.15, -0.1) is 0 Å². The number of amides is 2. The van der Waals surface area contributed by atoms with Gasteiger partial charge < -0.3 is 15.0 Å². The summed E-state index contributed by atoms with van der Waals surface area (Å²) in [5, 5.41) is 2.97. The summed E-state index contributed by atoms with van der Waals surface area (Å²) in [5.41, 5.74) is 1.74. The second kappa shape index (κ2) is 10.4. The maximum Gasteiger partial charge on any atom is 0.247 e. The Morgan fingerprint density at radius 3 is 2.30 bits per heavy atom. The number of hydrogen-bond donors (Lipinski definition) is 1. The normalized spacial score (nSPS) is 11.5. The Bertz CT molecular complexity index is 729. The van der Waals surface area contributed by atoms with E-state index in [0.717, 1.165) is 29.7 Å². The van der Waals surface area contributed by atoms with Crippen molar-refractivity contribution in [3.63, 3.8) is 0 Å². The van der Waals surface area contributed by atoms with Gasteiger partial charge in [-0.2, -0.15) is 0 Å². The lowest BCUT2D eigenvalue weighted by Crippen LogP contribution is -2.42. The van der Waals surface area contributed by atoms with E-state index in [1.807, 2.05) is 54.6 Å². The summed E-state index contributed by atoms with van der Waals surface area (Å²) in [6, 6.07) is 16.3. The fraction of sp³-hybridized carbons (Fsp3) is 0.364. The van der Waals surface area contributed by atoms with Crippen LogP contribution in [0, 0.1) is 0 Å². The molecule has 0 radical (unpaired) electrons. The van der Waals surface area contributed by atoms with E-state index in [4.69, 9.17) is 4.74 Å². The molecule has 0 aliphatic heterocycles. The van der Waals surface area contributed by atoms with Gasteiger partial charge in [0.05, 0.1) is 7.11 Å². The summed E-state index contributed by atoms with van der Waals surface area (Å²) in [6.07, 6.45) is 1.91. The third kappa shape index (κ3) is 5.84. The summed E-state index contributed by atoms with van der Waals surface area (Å²) in [6.45, 7) is 4.53. The average molecular weight is 368 g/mol. The van der Waals surface area contributed by atoms with E-state index >= 15 is 0 Å². The predicted molar refractivity (Wildman–Crippen MR) is 106 cm³/mol. The average Bonchev–Trinajstić information content (AvgIpc) is 2.69. The summed E-state index contributed by atoms with van der Waals surface area (Å²) in [7, 11) is 1.61. The summed E-state index contributed by atoms with van der Waals surface area (Å²) in [4.78, 5) is 27.0. The van der Waals surface area contributed by atoms with Crippen LogP contribution in [-0.2, 0) is 16.1 Å². The first-order valence-corrected chi connectivity index (χ1v) is 9.29. The molecule has 27 heavy (non-hydrogen) atoms. The highest BCUT2D eigenvalue weighted by atomic mass is 16.5. The Morgan fingerprint density at radius 1 is 1.07 bits per heavy atom. The molecule has 0 aromatic heterocycles. The van der Waals surface area contributed by atoms with Crippen LogP contribution in [0.2, 0.25) is 0 Å². The molecular formula is C22H28N2O3. The van der Waals surface area contributed by atoms with Crippen LogP contribution in [0.4, 0.5) is 0 Å². The highest BCUT2D eigenvalue weighted by Gasteiger charge is 2.29. The maximum absolute atomic E-state index is 12.9. The molecule has 0 saturated heterocycles. The van der Waals surface area contributed by atoms with E-state index in [0.29, 0.717) is 13.1 Å². The number of benzene rings is 2. The standard InChI is InChI=1S/C22H28N2O3/c1-4-5-15-23-22(26)21(19-9-7-6-8-10-19)24(17(2)25)16-18-11-13-20(27-3)14-12-18/h6-14,21H,4-5,15-16H2,1-3H3,(H,23,26)/t21-/m0/s1. The van der Waals surface area contributed by atoms with E-state index in [9.17, 15) is 9.59 Å². The molecule has 2 aromatic carbocycles. The molecule has 0 heterocycles. The monoisotopic (exact) mass is 368 g/mol. The van der Waals surface area contributed by atoms with E-state index in [1.54, 1.807) is 12.0 Å². The van der Waals surface area contributed by atoms with Crippen molar-refractivity contribution in [2.24, 2.45) is 0 Å². The molecule has 0 saturated carbocycles. The van der Waals surface area contributed by atoms with Gasteiger partial charge in [-0.1, -0.05) is 55.8 Å². The molecule has 0 spiro atoms. The minimum absolute atomic E-state index is 0.148. The number of nitrogens with one attached hydrogen (secondary N) is 1. The number of unbranched alkanes of at least 4 members (excludes halogenated alkanes) is 1. The minimum Gasteiger partial charge on any atom is -0.497 e. The van der Waals surface area contributed by atoms with Crippen LogP contribution in [0.3, 0.4) is 0 Å². The van der Waals surface area contributed by atoms with Crippen LogP contribution < -0.4 is 10.1 Å². The zero-order valence-electron chi connectivity index (χ0n) is 16.3. The molecule has 2 aromatic rings. The van der Waals surface area contributed by atoms with Crippen molar-refractivity contribution < 1.29 is 14.3 Å². The predicted octanol–water partition coefficient (Wildman–Crippen LogP) is 3.70. The van der Waals surface area contributed by atoms with Crippen molar-refractivity contribution in [1.29, 1.82) is 0 Å². The first-order chi connectivity index (χ1) is 13.1.